The van der Waals surface area contributed by atoms with Gasteiger partial charge in [0.25, 0.3) is 5.91 Å². The van der Waals surface area contributed by atoms with Crippen LogP contribution in [0.5, 0.6) is 11.5 Å². The van der Waals surface area contributed by atoms with E-state index in [-0.39, 0.29) is 17.3 Å². The Morgan fingerprint density at radius 3 is 2.42 bits per heavy atom. The van der Waals surface area contributed by atoms with Gasteiger partial charge in [0.1, 0.15) is 13.2 Å². The van der Waals surface area contributed by atoms with E-state index in [2.05, 4.69) is 5.32 Å². The number of nitriles is 1. The Balaban J connectivity index is 1.32. The fourth-order valence-corrected chi connectivity index (χ4v) is 5.07. The topological polar surface area (TPSA) is 113 Å². The SMILES string of the molecule is N#Cc1ccc(NC(=O)C[NH+]2CCN(S(=O)(=O)c3ccc4c(c3)OCCO4)CC2)cc1. The van der Waals surface area contributed by atoms with Crippen molar-refractivity contribution in [2.75, 3.05) is 51.3 Å². The molecule has 9 nitrogen and oxygen atoms in total. The van der Waals surface area contributed by atoms with Crippen LogP contribution in [0, 0.1) is 11.3 Å². The molecule has 4 rings (SSSR count). The summed E-state index contributed by atoms with van der Waals surface area (Å²) in [5.41, 5.74) is 1.15. The Morgan fingerprint density at radius 2 is 1.74 bits per heavy atom. The normalized spacial score (nSPS) is 17.0. The van der Waals surface area contributed by atoms with Gasteiger partial charge in [-0.05, 0) is 36.4 Å². The van der Waals surface area contributed by atoms with E-state index < -0.39 is 10.0 Å². The van der Waals surface area contributed by atoms with Crippen molar-refractivity contribution in [1.82, 2.24) is 4.31 Å². The van der Waals surface area contributed by atoms with Gasteiger partial charge in [0.05, 0.1) is 42.7 Å². The van der Waals surface area contributed by atoms with Crippen LogP contribution in [0.2, 0.25) is 0 Å². The standard InChI is InChI=1S/C21H22N4O5S/c22-14-16-1-3-17(4-2-16)23-21(26)15-24-7-9-25(10-8-24)31(27,28)18-5-6-19-20(13-18)30-12-11-29-19/h1-6,13H,7-12,15H2,(H,23,26)/p+1. The number of nitrogens with one attached hydrogen (secondary N) is 2. The number of sulfonamides is 1. The van der Waals surface area contributed by atoms with Crippen LogP contribution in [0.25, 0.3) is 0 Å². The van der Waals surface area contributed by atoms with E-state index in [4.69, 9.17) is 14.7 Å². The summed E-state index contributed by atoms with van der Waals surface area (Å²) < 4.78 is 38.4. The third-order valence-electron chi connectivity index (χ3n) is 5.29. The zero-order valence-corrected chi connectivity index (χ0v) is 17.7. The Morgan fingerprint density at radius 1 is 1.06 bits per heavy atom. The van der Waals surface area contributed by atoms with E-state index in [9.17, 15) is 13.2 Å². The summed E-state index contributed by atoms with van der Waals surface area (Å²) in [6.45, 7) is 2.81. The molecule has 2 aromatic rings. The predicted octanol–water partition coefficient (Wildman–Crippen LogP) is -0.143. The molecule has 0 radical (unpaired) electrons. The van der Waals surface area contributed by atoms with Gasteiger partial charge in [-0.1, -0.05) is 0 Å². The summed E-state index contributed by atoms with van der Waals surface area (Å²) in [4.78, 5) is 13.5. The first-order valence-electron chi connectivity index (χ1n) is 9.99. The lowest BCUT2D eigenvalue weighted by atomic mass is 10.2. The first-order valence-corrected chi connectivity index (χ1v) is 11.4. The molecule has 1 saturated heterocycles. The third-order valence-corrected chi connectivity index (χ3v) is 7.18. The molecule has 2 aliphatic heterocycles. The number of piperazine rings is 1. The van der Waals surface area contributed by atoms with Crippen LogP contribution in [0.3, 0.4) is 0 Å². The van der Waals surface area contributed by atoms with Gasteiger partial charge in [0.15, 0.2) is 18.0 Å². The number of quaternary nitrogens is 1. The van der Waals surface area contributed by atoms with Crippen LogP contribution in [-0.4, -0.2) is 64.6 Å². The lowest BCUT2D eigenvalue weighted by molar-refractivity contribution is -0.895. The maximum Gasteiger partial charge on any atom is 0.279 e. The Hall–Kier alpha value is -3.13. The van der Waals surface area contributed by atoms with Gasteiger partial charge in [-0.15, -0.1) is 0 Å². The van der Waals surface area contributed by atoms with Crippen molar-refractivity contribution >= 4 is 21.6 Å². The monoisotopic (exact) mass is 443 g/mol. The van der Waals surface area contributed by atoms with E-state index in [1.54, 1.807) is 30.3 Å². The summed E-state index contributed by atoms with van der Waals surface area (Å²) in [7, 11) is -3.65. The van der Waals surface area contributed by atoms with Crippen LogP contribution >= 0.6 is 0 Å². The quantitative estimate of drug-likeness (QED) is 0.665. The molecule has 2 aliphatic rings. The summed E-state index contributed by atoms with van der Waals surface area (Å²) >= 11 is 0. The first-order chi connectivity index (χ1) is 15.0. The molecule has 0 unspecified atom stereocenters. The number of nitrogens with zero attached hydrogens (tertiary/aromatic N) is 2. The number of hydrogen-bond donors (Lipinski definition) is 2. The molecule has 10 heteroatoms. The van der Waals surface area contributed by atoms with Crippen molar-refractivity contribution < 1.29 is 27.6 Å². The molecule has 0 saturated carbocycles. The van der Waals surface area contributed by atoms with Crippen LogP contribution in [-0.2, 0) is 14.8 Å². The van der Waals surface area contributed by atoms with Crippen molar-refractivity contribution in [2.24, 2.45) is 0 Å². The molecule has 162 valence electrons. The van der Waals surface area contributed by atoms with E-state index in [1.165, 1.54) is 16.4 Å². The average molecular weight is 444 g/mol. The zero-order valence-electron chi connectivity index (χ0n) is 16.8. The van der Waals surface area contributed by atoms with Gasteiger partial charge in [-0.25, -0.2) is 8.42 Å². The first kappa shape index (κ1) is 21.1. The molecule has 2 N–H and O–H groups in total. The van der Waals surface area contributed by atoms with Crippen molar-refractivity contribution in [3.8, 4) is 17.6 Å². The number of ether oxygens (including phenoxy) is 2. The third kappa shape index (κ3) is 4.80. The number of amides is 1. The van der Waals surface area contributed by atoms with E-state index in [1.807, 2.05) is 6.07 Å². The van der Waals surface area contributed by atoms with Gasteiger partial charge >= 0.3 is 0 Å². The summed E-state index contributed by atoms with van der Waals surface area (Å²) in [6, 6.07) is 13.4. The van der Waals surface area contributed by atoms with Gasteiger partial charge in [0, 0.05) is 11.8 Å². The number of rotatable bonds is 5. The van der Waals surface area contributed by atoms with Gasteiger partial charge < -0.3 is 19.7 Å². The molecule has 1 amide bonds. The maximum absolute atomic E-state index is 13.0. The van der Waals surface area contributed by atoms with Crippen molar-refractivity contribution in [3.63, 3.8) is 0 Å². The number of anilines is 1. The smallest absolute Gasteiger partial charge is 0.279 e. The second-order valence-corrected chi connectivity index (χ2v) is 9.31. The Kier molecular flexibility index (Phi) is 6.08. The highest BCUT2D eigenvalue weighted by Gasteiger charge is 2.32. The Labute approximate surface area is 180 Å². The fourth-order valence-electron chi connectivity index (χ4n) is 3.61. The molecule has 31 heavy (non-hydrogen) atoms. The lowest BCUT2D eigenvalue weighted by Crippen LogP contribution is -3.15. The van der Waals surface area contributed by atoms with E-state index in [0.717, 1.165) is 4.90 Å². The van der Waals surface area contributed by atoms with Crippen molar-refractivity contribution in [2.45, 2.75) is 4.90 Å². The van der Waals surface area contributed by atoms with Gasteiger partial charge in [-0.2, -0.15) is 9.57 Å². The minimum atomic E-state index is -3.65. The minimum absolute atomic E-state index is 0.150. The molecule has 1 fully saturated rings. The highest BCUT2D eigenvalue weighted by molar-refractivity contribution is 7.89. The summed E-state index contributed by atoms with van der Waals surface area (Å²) in [5.74, 6) is 0.839. The van der Waals surface area contributed by atoms with Crippen LogP contribution in [0.4, 0.5) is 5.69 Å². The predicted molar refractivity (Wildman–Crippen MR) is 112 cm³/mol. The molecular weight excluding hydrogens is 420 g/mol. The summed E-state index contributed by atoms with van der Waals surface area (Å²) in [6.07, 6.45) is 0. The largest absolute Gasteiger partial charge is 0.486 e. The molecule has 0 bridgehead atoms. The van der Waals surface area contributed by atoms with Crippen LogP contribution in [0.1, 0.15) is 5.56 Å². The number of carbonyl (C=O) groups excluding carboxylic acids is 1. The fraction of sp³-hybridized carbons (Fsp3) is 0.333. The second kappa shape index (κ2) is 8.93. The number of hydrogen-bond acceptors (Lipinski definition) is 6. The molecule has 2 heterocycles. The number of carbonyl (C=O) groups is 1. The lowest BCUT2D eigenvalue weighted by Gasteiger charge is -2.31. The van der Waals surface area contributed by atoms with Gasteiger partial charge in [0.2, 0.25) is 10.0 Å². The van der Waals surface area contributed by atoms with Crippen LogP contribution in [0.15, 0.2) is 47.4 Å². The zero-order chi connectivity index (χ0) is 21.8. The molecule has 0 spiro atoms. The number of benzene rings is 2. The second-order valence-electron chi connectivity index (χ2n) is 7.37. The van der Waals surface area contributed by atoms with Crippen molar-refractivity contribution in [3.05, 3.63) is 48.0 Å². The molecule has 0 aromatic heterocycles. The van der Waals surface area contributed by atoms with E-state index >= 15 is 0 Å². The molecular formula is C21H23N4O5S+. The highest BCUT2D eigenvalue weighted by Crippen LogP contribution is 2.33. The maximum atomic E-state index is 13.0. The van der Waals surface area contributed by atoms with Crippen molar-refractivity contribution in [1.29, 1.82) is 5.26 Å². The minimum Gasteiger partial charge on any atom is -0.486 e. The van der Waals surface area contributed by atoms with Gasteiger partial charge in [-0.3, -0.25) is 4.79 Å². The molecule has 0 aliphatic carbocycles. The number of fused-ring (bicyclic) bond motifs is 1. The highest BCUT2D eigenvalue weighted by atomic mass is 32.2. The van der Waals surface area contributed by atoms with Crippen LogP contribution < -0.4 is 19.7 Å². The molecule has 0 atom stereocenters. The summed E-state index contributed by atoms with van der Waals surface area (Å²) in [5, 5.41) is 11.6. The van der Waals surface area contributed by atoms with E-state index in [0.29, 0.717) is 62.1 Å². The average Bonchev–Trinajstić information content (AvgIpc) is 2.79. The Bertz CT molecular complexity index is 1100. The molecule has 2 aromatic carbocycles.